The predicted molar refractivity (Wildman–Crippen MR) is 81.7 cm³/mol. The summed E-state index contributed by atoms with van der Waals surface area (Å²) in [7, 11) is 0. The van der Waals surface area contributed by atoms with Gasteiger partial charge in [0.05, 0.1) is 11.8 Å². The van der Waals surface area contributed by atoms with Gasteiger partial charge in [0.2, 0.25) is 0 Å². The summed E-state index contributed by atoms with van der Waals surface area (Å²) in [5.74, 6) is -2.32. The van der Waals surface area contributed by atoms with E-state index in [4.69, 9.17) is 10.5 Å². The fourth-order valence-electron chi connectivity index (χ4n) is 1.87. The van der Waals surface area contributed by atoms with Crippen LogP contribution in [-0.4, -0.2) is 26.6 Å². The van der Waals surface area contributed by atoms with Crippen molar-refractivity contribution in [3.8, 4) is 0 Å². The summed E-state index contributed by atoms with van der Waals surface area (Å²) in [6, 6.07) is 6.46. The third kappa shape index (κ3) is 3.54. The molecule has 0 aliphatic heterocycles. The van der Waals surface area contributed by atoms with Crippen molar-refractivity contribution >= 4 is 33.6 Å². The van der Waals surface area contributed by atoms with Crippen molar-refractivity contribution in [2.75, 3.05) is 0 Å². The zero-order valence-electron chi connectivity index (χ0n) is 11.8. The van der Waals surface area contributed by atoms with Gasteiger partial charge >= 0.3 is 11.8 Å². The van der Waals surface area contributed by atoms with Crippen LogP contribution in [0.5, 0.6) is 0 Å². The maximum absolute atomic E-state index is 12.1. The zero-order valence-corrected chi connectivity index (χ0v) is 13.4. The van der Waals surface area contributed by atoms with Crippen molar-refractivity contribution in [2.45, 2.75) is 13.2 Å². The molecule has 1 heterocycles. The molecule has 2 aromatic rings. The summed E-state index contributed by atoms with van der Waals surface area (Å²) in [5.41, 5.74) is 4.96. The lowest BCUT2D eigenvalue weighted by Gasteiger charge is -2.11. The van der Waals surface area contributed by atoms with Crippen molar-refractivity contribution in [3.05, 3.63) is 56.2 Å². The molecule has 1 aromatic heterocycles. The van der Waals surface area contributed by atoms with Crippen molar-refractivity contribution in [2.24, 2.45) is 5.73 Å². The molecule has 10 heteroatoms. The van der Waals surface area contributed by atoms with E-state index in [1.165, 1.54) is 13.0 Å². The van der Waals surface area contributed by atoms with Crippen LogP contribution >= 0.6 is 15.9 Å². The number of hydrogen-bond acceptors (Lipinski definition) is 6. The quantitative estimate of drug-likeness (QED) is 0.478. The summed E-state index contributed by atoms with van der Waals surface area (Å²) >= 11 is 3.23. The highest BCUT2D eigenvalue weighted by Gasteiger charge is 2.30. The number of ether oxygens (including phenoxy) is 1. The lowest BCUT2D eigenvalue weighted by atomic mass is 10.2. The van der Waals surface area contributed by atoms with Crippen LogP contribution < -0.4 is 5.73 Å². The number of rotatable bonds is 5. The van der Waals surface area contributed by atoms with E-state index in [0.717, 1.165) is 10.9 Å². The number of aromatic nitrogens is 2. The molecule has 1 atom stereocenters. The number of hydrogen-bond donors (Lipinski definition) is 1. The third-order valence-corrected chi connectivity index (χ3v) is 3.38. The van der Waals surface area contributed by atoms with Gasteiger partial charge in [0.25, 0.3) is 12.1 Å². The Bertz CT molecular complexity index is 788. The average molecular weight is 383 g/mol. The van der Waals surface area contributed by atoms with E-state index >= 15 is 0 Å². The molecule has 0 spiro atoms. The Morgan fingerprint density at radius 3 is 2.74 bits per heavy atom. The van der Waals surface area contributed by atoms with Crippen LogP contribution in [0.15, 0.2) is 34.9 Å². The second kappa shape index (κ2) is 6.57. The minimum Gasteiger partial charge on any atom is -0.417 e. The van der Waals surface area contributed by atoms with E-state index in [2.05, 4.69) is 21.0 Å². The molecule has 0 saturated heterocycles. The molecule has 2 N–H and O–H groups in total. The van der Waals surface area contributed by atoms with Gasteiger partial charge in [-0.3, -0.25) is 4.79 Å². The molecule has 2 rings (SSSR count). The Morgan fingerprint density at radius 1 is 1.48 bits per heavy atom. The van der Waals surface area contributed by atoms with Crippen molar-refractivity contribution < 1.29 is 19.2 Å². The van der Waals surface area contributed by atoms with Gasteiger partial charge in [-0.15, -0.1) is 0 Å². The fourth-order valence-corrected chi connectivity index (χ4v) is 2.27. The first kappa shape index (κ1) is 16.6. The number of carbonyl (C=O) groups is 2. The molecule has 0 bridgehead atoms. The monoisotopic (exact) mass is 382 g/mol. The van der Waals surface area contributed by atoms with Crippen molar-refractivity contribution in [3.63, 3.8) is 0 Å². The minimum atomic E-state index is -1.10. The van der Waals surface area contributed by atoms with Crippen LogP contribution in [0.3, 0.4) is 0 Å². The Balaban J connectivity index is 2.27. The molecular weight excluding hydrogens is 372 g/mol. The molecular formula is C13H11BrN4O5. The van der Waals surface area contributed by atoms with E-state index in [1.54, 1.807) is 18.2 Å². The number of carbonyl (C=O) groups excluding carboxylic acids is 2. The molecule has 23 heavy (non-hydrogen) atoms. The molecule has 1 aromatic carbocycles. The van der Waals surface area contributed by atoms with Crippen LogP contribution in [0, 0.1) is 10.1 Å². The van der Waals surface area contributed by atoms with Crippen LogP contribution in [0.1, 0.15) is 33.9 Å². The average Bonchev–Trinajstić information content (AvgIpc) is 2.92. The Kier molecular flexibility index (Phi) is 4.74. The summed E-state index contributed by atoms with van der Waals surface area (Å²) < 4.78 is 6.64. The molecule has 0 radical (unpaired) electrons. The second-order valence-electron chi connectivity index (χ2n) is 4.46. The zero-order chi connectivity index (χ0) is 17.1. The highest BCUT2D eigenvalue weighted by Crippen LogP contribution is 2.23. The van der Waals surface area contributed by atoms with Crippen LogP contribution in [0.2, 0.25) is 0 Å². The molecule has 120 valence electrons. The van der Waals surface area contributed by atoms with Crippen LogP contribution in [0.25, 0.3) is 0 Å². The molecule has 1 amide bonds. The number of benzene rings is 1. The van der Waals surface area contributed by atoms with Gasteiger partial charge in [-0.2, -0.15) is 0 Å². The molecule has 0 aliphatic carbocycles. The summed E-state index contributed by atoms with van der Waals surface area (Å²) in [6.45, 7) is 1.39. The Labute approximate surface area is 138 Å². The Hall–Kier alpha value is -2.75. The van der Waals surface area contributed by atoms with Crippen molar-refractivity contribution in [1.82, 2.24) is 9.78 Å². The number of primary amides is 1. The minimum absolute atomic E-state index is 0.260. The van der Waals surface area contributed by atoms with Gasteiger partial charge in [0.1, 0.15) is 0 Å². The van der Waals surface area contributed by atoms with Gasteiger partial charge in [0.15, 0.2) is 5.56 Å². The van der Waals surface area contributed by atoms with Gasteiger partial charge in [-0.05, 0) is 23.1 Å². The molecule has 0 aliphatic rings. The summed E-state index contributed by atoms with van der Waals surface area (Å²) in [6.07, 6.45) is -0.140. The predicted octanol–water partition coefficient (Wildman–Crippen LogP) is 2.03. The second-order valence-corrected chi connectivity index (χ2v) is 5.38. The smallest absolute Gasteiger partial charge is 0.361 e. The first-order valence-corrected chi connectivity index (χ1v) is 7.08. The highest BCUT2D eigenvalue weighted by atomic mass is 79.9. The summed E-state index contributed by atoms with van der Waals surface area (Å²) in [5, 5.41) is 14.8. The molecule has 0 saturated carbocycles. The first-order valence-electron chi connectivity index (χ1n) is 6.29. The van der Waals surface area contributed by atoms with Gasteiger partial charge in [-0.25, -0.2) is 4.79 Å². The summed E-state index contributed by atoms with van der Waals surface area (Å²) in [4.78, 5) is 33.5. The van der Waals surface area contributed by atoms with E-state index in [1.807, 2.05) is 0 Å². The maximum Gasteiger partial charge on any atom is 0.361 e. The number of nitro groups is 1. The van der Waals surface area contributed by atoms with Crippen LogP contribution in [0.4, 0.5) is 5.82 Å². The van der Waals surface area contributed by atoms with Gasteiger partial charge in [0, 0.05) is 11.4 Å². The van der Waals surface area contributed by atoms with E-state index in [-0.39, 0.29) is 11.1 Å². The van der Waals surface area contributed by atoms with Crippen LogP contribution in [-0.2, 0) is 4.74 Å². The number of esters is 1. The maximum atomic E-state index is 12.1. The highest BCUT2D eigenvalue weighted by molar-refractivity contribution is 9.10. The lowest BCUT2D eigenvalue weighted by molar-refractivity contribution is -0.394. The number of nitrogens with zero attached hydrogens (tertiary/aromatic N) is 3. The van der Waals surface area contributed by atoms with E-state index in [9.17, 15) is 19.7 Å². The van der Waals surface area contributed by atoms with E-state index in [0.29, 0.717) is 4.47 Å². The number of nitrogens with two attached hydrogens (primary N) is 1. The fraction of sp³-hybridized carbons (Fsp3) is 0.154. The number of halogens is 1. The molecule has 1 unspecified atom stereocenters. The Morgan fingerprint density at radius 2 is 2.17 bits per heavy atom. The van der Waals surface area contributed by atoms with E-state index < -0.39 is 28.8 Å². The standard InChI is InChI=1S/C13H11BrN4O5/c1-7(23-13(20)8-3-2-4-9(14)5-8)17-12(18(21)22)10(6-16-17)11(15)19/h2-7H,1H3,(H2,15,19). The van der Waals surface area contributed by atoms with Crippen molar-refractivity contribution in [1.29, 1.82) is 0 Å². The van der Waals surface area contributed by atoms with Gasteiger partial charge < -0.3 is 20.6 Å². The largest absolute Gasteiger partial charge is 0.417 e. The lowest BCUT2D eigenvalue weighted by Crippen LogP contribution is -2.19. The molecule has 0 fully saturated rings. The SMILES string of the molecule is CC(OC(=O)c1cccc(Br)c1)n1ncc(C(N)=O)c1[N+](=O)[O-]. The third-order valence-electron chi connectivity index (χ3n) is 2.89. The first-order chi connectivity index (χ1) is 10.8. The van der Waals surface area contributed by atoms with Gasteiger partial charge in [-0.1, -0.05) is 31.8 Å². The number of amides is 1. The topological polar surface area (TPSA) is 130 Å². The molecule has 9 nitrogen and oxygen atoms in total. The normalized spacial score (nSPS) is 11.7.